The van der Waals surface area contributed by atoms with E-state index < -0.39 is 0 Å². The van der Waals surface area contributed by atoms with Crippen LogP contribution in [-0.2, 0) is 25.7 Å². The van der Waals surface area contributed by atoms with Crippen LogP contribution >= 0.6 is 11.3 Å². The molecular weight excluding hydrogens is 514 g/mol. The first kappa shape index (κ1) is 27.0. The van der Waals surface area contributed by atoms with E-state index in [1.165, 1.54) is 41.2 Å². The number of anilines is 2. The maximum atomic E-state index is 9.61. The SMILES string of the molecule is C=CC(=C)N1CCN(c2nc(CCC3CCCN3C)nc3c2CCC2(C3)Cc3sccc3NC2=C)CC1CC#N. The Balaban J connectivity index is 1.32. The molecule has 0 aromatic carbocycles. The van der Waals surface area contributed by atoms with Crippen molar-refractivity contribution in [2.75, 3.05) is 43.4 Å². The number of piperazine rings is 1. The zero-order valence-electron chi connectivity index (χ0n) is 23.8. The average Bonchev–Trinajstić information content (AvgIpc) is 3.59. The molecule has 0 bridgehead atoms. The number of rotatable bonds is 7. The second-order valence-electron chi connectivity index (χ2n) is 12.0. The van der Waals surface area contributed by atoms with E-state index in [-0.39, 0.29) is 11.5 Å². The molecule has 2 aromatic heterocycles. The molecule has 5 heterocycles. The Hall–Kier alpha value is -3.15. The van der Waals surface area contributed by atoms with Crippen molar-refractivity contribution in [3.05, 3.63) is 70.6 Å². The van der Waals surface area contributed by atoms with E-state index in [2.05, 4.69) is 64.3 Å². The Morgan fingerprint density at radius 1 is 1.27 bits per heavy atom. The zero-order chi connectivity index (χ0) is 27.9. The van der Waals surface area contributed by atoms with Gasteiger partial charge in [-0.25, -0.2) is 9.97 Å². The van der Waals surface area contributed by atoms with E-state index in [0.29, 0.717) is 12.5 Å². The van der Waals surface area contributed by atoms with E-state index in [0.717, 1.165) is 81.2 Å². The van der Waals surface area contributed by atoms with Crippen LogP contribution in [0.1, 0.15) is 54.1 Å². The molecule has 1 spiro atoms. The number of hydrogen-bond donors (Lipinski definition) is 1. The number of allylic oxidation sites excluding steroid dienone is 2. The standard InChI is InChI=1S/C32H41N7S/c1-5-22(2)39-17-16-38(21-25(39)11-14-33)31-26-10-13-32(20-29-27(12-18-40-29)34-23(32)3)19-28(26)35-30(36-31)9-8-24-7-6-15-37(24)4/h5,12,18,24-25,34H,1-3,6-11,13,15-17,19-21H2,4H3. The van der Waals surface area contributed by atoms with Crippen molar-refractivity contribution >= 4 is 22.8 Å². The summed E-state index contributed by atoms with van der Waals surface area (Å²) in [5.74, 6) is 2.06. The maximum Gasteiger partial charge on any atom is 0.135 e. The number of nitriles is 1. The molecule has 4 aliphatic rings. The fourth-order valence-corrected chi connectivity index (χ4v) is 8.26. The van der Waals surface area contributed by atoms with Crippen LogP contribution in [0.15, 0.2) is 48.7 Å². The van der Waals surface area contributed by atoms with Gasteiger partial charge in [-0.2, -0.15) is 5.26 Å². The third-order valence-corrected chi connectivity index (χ3v) is 10.7. The maximum absolute atomic E-state index is 9.61. The summed E-state index contributed by atoms with van der Waals surface area (Å²) in [7, 11) is 2.24. The van der Waals surface area contributed by atoms with E-state index in [1.54, 1.807) is 6.08 Å². The van der Waals surface area contributed by atoms with Gasteiger partial charge in [0.05, 0.1) is 29.9 Å². The van der Waals surface area contributed by atoms with Crippen LogP contribution < -0.4 is 10.2 Å². The highest BCUT2D eigenvalue weighted by molar-refractivity contribution is 7.10. The summed E-state index contributed by atoms with van der Waals surface area (Å²) < 4.78 is 0. The van der Waals surface area contributed by atoms with Crippen LogP contribution in [-0.4, -0.2) is 65.1 Å². The number of hydrogen-bond acceptors (Lipinski definition) is 8. The Bertz CT molecular complexity index is 1360. The van der Waals surface area contributed by atoms with Gasteiger partial charge in [0.1, 0.15) is 11.6 Å². The topological polar surface area (TPSA) is 71.3 Å². The lowest BCUT2D eigenvalue weighted by molar-refractivity contribution is 0.236. The predicted octanol–water partition coefficient (Wildman–Crippen LogP) is 5.33. The number of thiophene rings is 1. The van der Waals surface area contributed by atoms with Crippen molar-refractivity contribution in [1.29, 1.82) is 5.26 Å². The molecule has 3 atom stereocenters. The molecule has 0 amide bonds. The molecule has 40 heavy (non-hydrogen) atoms. The van der Waals surface area contributed by atoms with Gasteiger partial charge in [0.15, 0.2) is 0 Å². The largest absolute Gasteiger partial charge is 0.364 e. The molecule has 7 nitrogen and oxygen atoms in total. The summed E-state index contributed by atoms with van der Waals surface area (Å²) in [6.07, 6.45) is 10.7. The summed E-state index contributed by atoms with van der Waals surface area (Å²) in [5, 5.41) is 15.4. The summed E-state index contributed by atoms with van der Waals surface area (Å²) in [6.45, 7) is 16.2. The van der Waals surface area contributed by atoms with Gasteiger partial charge in [-0.1, -0.05) is 19.7 Å². The molecule has 210 valence electrons. The molecule has 1 N–H and O–H groups in total. The molecule has 1 aliphatic carbocycles. The first-order valence-corrected chi connectivity index (χ1v) is 15.6. The summed E-state index contributed by atoms with van der Waals surface area (Å²) in [5.41, 5.74) is 5.72. The summed E-state index contributed by atoms with van der Waals surface area (Å²) in [4.78, 5) is 19.1. The monoisotopic (exact) mass is 555 g/mol. The number of nitrogens with zero attached hydrogens (tertiary/aromatic N) is 6. The Morgan fingerprint density at radius 2 is 2.15 bits per heavy atom. The highest BCUT2D eigenvalue weighted by atomic mass is 32.1. The summed E-state index contributed by atoms with van der Waals surface area (Å²) in [6, 6.07) is 5.26. The second kappa shape index (κ2) is 11.0. The van der Waals surface area contributed by atoms with Crippen LogP contribution in [0.4, 0.5) is 11.5 Å². The minimum absolute atomic E-state index is 0.0108. The van der Waals surface area contributed by atoms with Crippen molar-refractivity contribution in [2.45, 2.75) is 69.9 Å². The van der Waals surface area contributed by atoms with Gasteiger partial charge in [-0.15, -0.1) is 11.3 Å². The normalized spacial score (nSPS) is 26.2. The summed E-state index contributed by atoms with van der Waals surface area (Å²) >= 11 is 1.84. The highest BCUT2D eigenvalue weighted by Gasteiger charge is 2.43. The molecule has 2 fully saturated rings. The molecule has 3 unspecified atom stereocenters. The Kier molecular flexibility index (Phi) is 7.45. The van der Waals surface area contributed by atoms with Crippen LogP contribution in [0, 0.1) is 16.7 Å². The van der Waals surface area contributed by atoms with Gasteiger partial charge in [0.25, 0.3) is 0 Å². The van der Waals surface area contributed by atoms with Crippen molar-refractivity contribution < 1.29 is 0 Å². The Morgan fingerprint density at radius 3 is 2.92 bits per heavy atom. The minimum Gasteiger partial charge on any atom is -0.364 e. The molecule has 8 heteroatoms. The third kappa shape index (κ3) is 4.95. The van der Waals surface area contributed by atoms with E-state index >= 15 is 0 Å². The Labute approximate surface area is 242 Å². The predicted molar refractivity (Wildman–Crippen MR) is 164 cm³/mol. The van der Waals surface area contributed by atoms with Gasteiger partial charge in [0, 0.05) is 65.8 Å². The third-order valence-electron chi connectivity index (χ3n) is 9.73. The molecule has 6 rings (SSSR count). The van der Waals surface area contributed by atoms with E-state index in [9.17, 15) is 5.26 Å². The number of fused-ring (bicyclic) bond motifs is 2. The lowest BCUT2D eigenvalue weighted by Crippen LogP contribution is -2.53. The van der Waals surface area contributed by atoms with Gasteiger partial charge in [-0.3, -0.25) is 0 Å². The van der Waals surface area contributed by atoms with E-state index in [1.807, 2.05) is 11.3 Å². The quantitative estimate of drug-likeness (QED) is 0.463. The molecule has 0 radical (unpaired) electrons. The van der Waals surface area contributed by atoms with Crippen molar-refractivity contribution in [1.82, 2.24) is 19.8 Å². The fourth-order valence-electron chi connectivity index (χ4n) is 7.29. The second-order valence-corrected chi connectivity index (χ2v) is 13.1. The average molecular weight is 556 g/mol. The zero-order valence-corrected chi connectivity index (χ0v) is 24.6. The number of aromatic nitrogens is 2. The van der Waals surface area contributed by atoms with Crippen molar-refractivity contribution in [3.8, 4) is 6.07 Å². The molecule has 2 aromatic rings. The number of likely N-dealkylation sites (tertiary alicyclic amines) is 1. The fraction of sp³-hybridized carbons (Fsp3) is 0.531. The smallest absolute Gasteiger partial charge is 0.135 e. The van der Waals surface area contributed by atoms with Crippen LogP contribution in [0.25, 0.3) is 0 Å². The lowest BCUT2D eigenvalue weighted by atomic mass is 9.67. The van der Waals surface area contributed by atoms with Crippen LogP contribution in [0.2, 0.25) is 0 Å². The highest BCUT2D eigenvalue weighted by Crippen LogP contribution is 2.49. The van der Waals surface area contributed by atoms with Gasteiger partial charge >= 0.3 is 0 Å². The molecule has 3 aliphatic heterocycles. The van der Waals surface area contributed by atoms with Crippen molar-refractivity contribution in [2.24, 2.45) is 5.41 Å². The van der Waals surface area contributed by atoms with Crippen molar-refractivity contribution in [3.63, 3.8) is 0 Å². The number of aryl methyl sites for hydroxylation is 1. The molecular formula is C32H41N7S. The van der Waals surface area contributed by atoms with E-state index in [4.69, 9.17) is 9.97 Å². The minimum atomic E-state index is -0.0108. The number of nitrogens with one attached hydrogen (secondary N) is 1. The lowest BCUT2D eigenvalue weighted by Gasteiger charge is -2.45. The van der Waals surface area contributed by atoms with Gasteiger partial charge in [-0.05, 0) is 69.6 Å². The van der Waals surface area contributed by atoms with Crippen LogP contribution in [0.3, 0.4) is 0 Å². The molecule has 0 saturated carbocycles. The van der Waals surface area contributed by atoms with Gasteiger partial charge in [0.2, 0.25) is 0 Å². The van der Waals surface area contributed by atoms with Gasteiger partial charge < -0.3 is 20.0 Å². The van der Waals surface area contributed by atoms with Crippen LogP contribution in [0.5, 0.6) is 0 Å². The molecule has 2 saturated heterocycles. The first-order valence-electron chi connectivity index (χ1n) is 14.7. The first-order chi connectivity index (χ1) is 19.4.